The minimum absolute atomic E-state index is 0.573. The van der Waals surface area contributed by atoms with Gasteiger partial charge in [0.25, 0.3) is 0 Å². The third-order valence-corrected chi connectivity index (χ3v) is 3.79. The summed E-state index contributed by atoms with van der Waals surface area (Å²) in [5, 5.41) is 0. The van der Waals surface area contributed by atoms with Crippen molar-refractivity contribution in [3.8, 4) is 5.75 Å². The summed E-state index contributed by atoms with van der Waals surface area (Å²) in [6, 6.07) is 15.8. The molecule has 0 aliphatic heterocycles. The molecule has 3 aromatic rings. The molecule has 120 valence electrons. The Morgan fingerprint density at radius 1 is 1.09 bits per heavy atom. The molecule has 2 N–H and O–H groups in total. The van der Waals surface area contributed by atoms with E-state index in [0.717, 1.165) is 35.7 Å². The average molecular weight is 309 g/mol. The molecule has 1 aromatic heterocycles. The number of hydrogen-bond acceptors (Lipinski definition) is 3. The molecule has 1 heterocycles. The number of nitrogens with two attached hydrogens (primary N) is 1. The van der Waals surface area contributed by atoms with E-state index in [2.05, 4.69) is 36.6 Å². The molecule has 0 saturated heterocycles. The number of hydrogen-bond donors (Lipinski definition) is 1. The molecule has 0 bridgehead atoms. The Labute approximate surface area is 136 Å². The Kier molecular flexibility index (Phi) is 4.51. The first-order valence-electron chi connectivity index (χ1n) is 8.06. The van der Waals surface area contributed by atoms with Crippen molar-refractivity contribution in [1.29, 1.82) is 0 Å². The van der Waals surface area contributed by atoms with Gasteiger partial charge in [0, 0.05) is 12.1 Å². The van der Waals surface area contributed by atoms with Gasteiger partial charge in [0.15, 0.2) is 0 Å². The van der Waals surface area contributed by atoms with Crippen LogP contribution in [0.15, 0.2) is 48.5 Å². The molecule has 23 heavy (non-hydrogen) atoms. The molecule has 0 amide bonds. The lowest BCUT2D eigenvalue weighted by Gasteiger charge is -2.12. The number of aromatic nitrogens is 2. The maximum absolute atomic E-state index is 5.84. The quantitative estimate of drug-likeness (QED) is 0.703. The third-order valence-electron chi connectivity index (χ3n) is 3.79. The minimum atomic E-state index is 0.573. The van der Waals surface area contributed by atoms with E-state index in [0.29, 0.717) is 12.5 Å². The Balaban J connectivity index is 1.76. The van der Waals surface area contributed by atoms with E-state index in [4.69, 9.17) is 15.5 Å². The average Bonchev–Trinajstić information content (AvgIpc) is 2.86. The van der Waals surface area contributed by atoms with E-state index < -0.39 is 0 Å². The van der Waals surface area contributed by atoms with Crippen molar-refractivity contribution in [1.82, 2.24) is 9.55 Å². The second kappa shape index (κ2) is 6.73. The van der Waals surface area contributed by atoms with Crippen LogP contribution in [0.1, 0.15) is 19.7 Å². The highest BCUT2D eigenvalue weighted by Gasteiger charge is 2.11. The molecule has 0 saturated carbocycles. The van der Waals surface area contributed by atoms with Crippen molar-refractivity contribution in [3.05, 3.63) is 54.4 Å². The van der Waals surface area contributed by atoms with Gasteiger partial charge in [0.05, 0.1) is 17.6 Å². The highest BCUT2D eigenvalue weighted by molar-refractivity contribution is 5.75. The molecule has 3 rings (SSSR count). The molecular weight excluding hydrogens is 286 g/mol. The van der Waals surface area contributed by atoms with Crippen LogP contribution in [-0.2, 0) is 13.0 Å². The summed E-state index contributed by atoms with van der Waals surface area (Å²) in [5.41, 5.74) is 8.66. The van der Waals surface area contributed by atoms with E-state index >= 15 is 0 Å². The number of rotatable bonds is 6. The van der Waals surface area contributed by atoms with Crippen molar-refractivity contribution in [2.24, 2.45) is 5.92 Å². The van der Waals surface area contributed by atoms with Gasteiger partial charge >= 0.3 is 0 Å². The third kappa shape index (κ3) is 3.65. The first kappa shape index (κ1) is 15.4. The van der Waals surface area contributed by atoms with Gasteiger partial charge in [0.1, 0.15) is 18.2 Å². The SMILES string of the molecule is CC(C)Cc1nc2ccccc2n1CCOc1ccc(N)cc1. The van der Waals surface area contributed by atoms with Crippen LogP contribution in [0, 0.1) is 5.92 Å². The first-order chi connectivity index (χ1) is 11.1. The maximum atomic E-state index is 5.84. The number of para-hydroxylation sites is 2. The molecule has 0 aliphatic rings. The Hall–Kier alpha value is -2.49. The lowest BCUT2D eigenvalue weighted by atomic mass is 10.1. The fourth-order valence-corrected chi connectivity index (χ4v) is 2.71. The zero-order valence-corrected chi connectivity index (χ0v) is 13.7. The number of ether oxygens (including phenoxy) is 1. The standard InChI is InChI=1S/C19H23N3O/c1-14(2)13-19-21-17-5-3-4-6-18(17)22(19)11-12-23-16-9-7-15(20)8-10-16/h3-10,14H,11-13,20H2,1-2H3. The first-order valence-corrected chi connectivity index (χ1v) is 8.06. The number of nitrogen functional groups attached to an aromatic ring is 1. The summed E-state index contributed by atoms with van der Waals surface area (Å²) >= 11 is 0. The lowest BCUT2D eigenvalue weighted by Crippen LogP contribution is -2.12. The number of imidazole rings is 1. The maximum Gasteiger partial charge on any atom is 0.119 e. The monoisotopic (exact) mass is 309 g/mol. The number of benzene rings is 2. The number of anilines is 1. The van der Waals surface area contributed by atoms with Crippen LogP contribution < -0.4 is 10.5 Å². The van der Waals surface area contributed by atoms with E-state index in [-0.39, 0.29) is 0 Å². The van der Waals surface area contributed by atoms with Crippen molar-refractivity contribution < 1.29 is 4.74 Å². The van der Waals surface area contributed by atoms with Gasteiger partial charge in [-0.3, -0.25) is 0 Å². The van der Waals surface area contributed by atoms with Crippen molar-refractivity contribution in [2.45, 2.75) is 26.8 Å². The summed E-state index contributed by atoms with van der Waals surface area (Å²) in [5.74, 6) is 2.54. The summed E-state index contributed by atoms with van der Waals surface area (Å²) < 4.78 is 8.11. The topological polar surface area (TPSA) is 53.1 Å². The van der Waals surface area contributed by atoms with Crippen molar-refractivity contribution >= 4 is 16.7 Å². The number of nitrogens with zero attached hydrogens (tertiary/aromatic N) is 2. The fourth-order valence-electron chi connectivity index (χ4n) is 2.71. The molecule has 0 fully saturated rings. The van der Waals surface area contributed by atoms with Gasteiger partial charge < -0.3 is 15.0 Å². The molecule has 0 atom stereocenters. The minimum Gasteiger partial charge on any atom is -0.492 e. The van der Waals surface area contributed by atoms with Gasteiger partial charge in [-0.2, -0.15) is 0 Å². The van der Waals surface area contributed by atoms with Crippen LogP contribution in [0.5, 0.6) is 5.75 Å². The predicted molar refractivity (Wildman–Crippen MR) is 94.6 cm³/mol. The predicted octanol–water partition coefficient (Wildman–Crippen LogP) is 3.90. The molecule has 2 aromatic carbocycles. The Morgan fingerprint density at radius 3 is 2.57 bits per heavy atom. The van der Waals surface area contributed by atoms with Gasteiger partial charge in [-0.25, -0.2) is 4.98 Å². The Morgan fingerprint density at radius 2 is 1.83 bits per heavy atom. The largest absolute Gasteiger partial charge is 0.492 e. The molecule has 0 radical (unpaired) electrons. The summed E-state index contributed by atoms with van der Waals surface area (Å²) in [6.45, 7) is 5.82. The van der Waals surface area contributed by atoms with E-state index in [9.17, 15) is 0 Å². The van der Waals surface area contributed by atoms with Gasteiger partial charge in [-0.15, -0.1) is 0 Å². The zero-order valence-electron chi connectivity index (χ0n) is 13.7. The molecule has 0 unspecified atom stereocenters. The van der Waals surface area contributed by atoms with E-state index in [1.807, 2.05) is 30.3 Å². The molecule has 0 spiro atoms. The van der Waals surface area contributed by atoms with Gasteiger partial charge in [0.2, 0.25) is 0 Å². The lowest BCUT2D eigenvalue weighted by molar-refractivity contribution is 0.297. The van der Waals surface area contributed by atoms with Crippen molar-refractivity contribution in [2.75, 3.05) is 12.3 Å². The summed E-state index contributed by atoms with van der Waals surface area (Å²) in [6.07, 6.45) is 0.969. The van der Waals surface area contributed by atoms with Crippen LogP contribution in [0.3, 0.4) is 0 Å². The summed E-state index contributed by atoms with van der Waals surface area (Å²) in [4.78, 5) is 4.78. The number of fused-ring (bicyclic) bond motifs is 1. The van der Waals surface area contributed by atoms with E-state index in [1.165, 1.54) is 5.52 Å². The van der Waals surface area contributed by atoms with Crippen LogP contribution in [0.25, 0.3) is 11.0 Å². The normalized spacial score (nSPS) is 11.3. The van der Waals surface area contributed by atoms with Crippen LogP contribution in [0.2, 0.25) is 0 Å². The highest BCUT2D eigenvalue weighted by Crippen LogP contribution is 2.19. The second-order valence-corrected chi connectivity index (χ2v) is 6.18. The second-order valence-electron chi connectivity index (χ2n) is 6.18. The summed E-state index contributed by atoms with van der Waals surface area (Å²) in [7, 11) is 0. The molecule has 4 nitrogen and oxygen atoms in total. The molecule has 4 heteroatoms. The zero-order chi connectivity index (χ0) is 16.2. The molecular formula is C19H23N3O. The molecule has 0 aliphatic carbocycles. The van der Waals surface area contributed by atoms with Gasteiger partial charge in [-0.05, 0) is 42.3 Å². The van der Waals surface area contributed by atoms with Crippen molar-refractivity contribution in [3.63, 3.8) is 0 Å². The van der Waals surface area contributed by atoms with Gasteiger partial charge in [-0.1, -0.05) is 26.0 Å². The smallest absolute Gasteiger partial charge is 0.119 e. The Bertz CT molecular complexity index is 775. The van der Waals surface area contributed by atoms with Crippen LogP contribution in [-0.4, -0.2) is 16.2 Å². The van der Waals surface area contributed by atoms with E-state index in [1.54, 1.807) is 0 Å². The van der Waals surface area contributed by atoms with Crippen LogP contribution in [0.4, 0.5) is 5.69 Å². The fraction of sp³-hybridized carbons (Fsp3) is 0.316. The van der Waals surface area contributed by atoms with Crippen LogP contribution >= 0.6 is 0 Å². The highest BCUT2D eigenvalue weighted by atomic mass is 16.5.